The molecular weight excluding hydrogens is 260 g/mol. The number of nitrogens with two attached hydrogens (primary N) is 1. The smallest absolute Gasteiger partial charge is 0.320 e. The zero-order valence-corrected chi connectivity index (χ0v) is 9.70. The maximum absolute atomic E-state index is 10.4. The normalized spacial score (nSPS) is 12.1. The van der Waals surface area contributed by atoms with Crippen LogP contribution in [0.15, 0.2) is 28.7 Å². The lowest BCUT2D eigenvalue weighted by atomic mass is 10.2. The molecule has 4 nitrogen and oxygen atoms in total. The number of carboxylic acids is 1. The van der Waals surface area contributed by atoms with Gasteiger partial charge in [-0.05, 0) is 30.7 Å². The number of benzene rings is 1. The fourth-order valence-electron chi connectivity index (χ4n) is 1.06. The zero-order valence-electron chi connectivity index (χ0n) is 8.11. The van der Waals surface area contributed by atoms with Gasteiger partial charge in [0.05, 0.1) is 0 Å². The second kappa shape index (κ2) is 5.72. The van der Waals surface area contributed by atoms with E-state index >= 15 is 0 Å². The summed E-state index contributed by atoms with van der Waals surface area (Å²) in [7, 11) is 0. The number of halogens is 1. The molecule has 0 aliphatic rings. The predicted molar refractivity (Wildman–Crippen MR) is 62.9 cm³/mol. The molecule has 0 aliphatic heterocycles. The van der Waals surface area contributed by atoms with Crippen molar-refractivity contribution < 1.29 is 9.90 Å². The summed E-state index contributed by atoms with van der Waals surface area (Å²) < 4.78 is 1.01. The summed E-state index contributed by atoms with van der Waals surface area (Å²) in [6.07, 6.45) is 0.408. The molecule has 1 unspecified atom stereocenters. The van der Waals surface area contributed by atoms with Gasteiger partial charge in [-0.1, -0.05) is 15.9 Å². The lowest BCUT2D eigenvalue weighted by Crippen LogP contribution is -2.32. The first-order chi connectivity index (χ1) is 7.09. The molecule has 1 rings (SSSR count). The Morgan fingerprint density at radius 3 is 2.60 bits per heavy atom. The van der Waals surface area contributed by atoms with Gasteiger partial charge in [0.2, 0.25) is 0 Å². The van der Waals surface area contributed by atoms with E-state index in [9.17, 15) is 4.79 Å². The number of anilines is 1. The first kappa shape index (κ1) is 12.0. The molecule has 0 saturated carbocycles. The third-order valence-corrected chi connectivity index (χ3v) is 2.47. The van der Waals surface area contributed by atoms with Crippen molar-refractivity contribution in [1.29, 1.82) is 0 Å². The quantitative estimate of drug-likeness (QED) is 0.762. The first-order valence-corrected chi connectivity index (χ1v) is 5.36. The van der Waals surface area contributed by atoms with Crippen LogP contribution in [0.25, 0.3) is 0 Å². The minimum absolute atomic E-state index is 0.408. The molecule has 0 aliphatic carbocycles. The molecule has 0 saturated heterocycles. The Morgan fingerprint density at radius 1 is 1.47 bits per heavy atom. The Labute approximate surface area is 96.6 Å². The molecule has 4 N–H and O–H groups in total. The van der Waals surface area contributed by atoms with E-state index in [0.717, 1.165) is 10.2 Å². The van der Waals surface area contributed by atoms with Crippen LogP contribution in [-0.4, -0.2) is 23.7 Å². The van der Waals surface area contributed by atoms with Crippen molar-refractivity contribution in [2.24, 2.45) is 5.73 Å². The van der Waals surface area contributed by atoms with Crippen molar-refractivity contribution in [3.05, 3.63) is 28.7 Å². The molecule has 1 aromatic rings. The molecule has 0 aromatic heterocycles. The lowest BCUT2D eigenvalue weighted by Gasteiger charge is -2.08. The Balaban J connectivity index is 2.32. The summed E-state index contributed by atoms with van der Waals surface area (Å²) in [5, 5.41) is 11.7. The standard InChI is InChI=1S/C10H13BrN2O2/c11-7-1-3-8(4-2-7)13-6-5-9(12)10(14)15/h1-4,9,13H,5-6,12H2,(H,14,15). The average molecular weight is 273 g/mol. The van der Waals surface area contributed by atoms with E-state index in [-0.39, 0.29) is 0 Å². The highest BCUT2D eigenvalue weighted by atomic mass is 79.9. The summed E-state index contributed by atoms with van der Waals surface area (Å²) >= 11 is 3.33. The number of carbonyl (C=O) groups is 1. The summed E-state index contributed by atoms with van der Waals surface area (Å²) in [5.74, 6) is -0.965. The zero-order chi connectivity index (χ0) is 11.3. The van der Waals surface area contributed by atoms with Crippen LogP contribution in [0.4, 0.5) is 5.69 Å². The van der Waals surface area contributed by atoms with Gasteiger partial charge < -0.3 is 16.2 Å². The number of aliphatic carboxylic acids is 1. The van der Waals surface area contributed by atoms with E-state index < -0.39 is 12.0 Å². The van der Waals surface area contributed by atoms with Gasteiger partial charge in [-0.3, -0.25) is 4.79 Å². The molecule has 0 radical (unpaired) electrons. The lowest BCUT2D eigenvalue weighted by molar-refractivity contribution is -0.138. The SMILES string of the molecule is NC(CCNc1ccc(Br)cc1)C(=O)O. The summed E-state index contributed by atoms with van der Waals surface area (Å²) in [4.78, 5) is 10.4. The second-order valence-electron chi connectivity index (χ2n) is 3.17. The number of carboxylic acid groups (broad SMARTS) is 1. The Bertz CT molecular complexity index is 327. The van der Waals surface area contributed by atoms with Crippen molar-refractivity contribution >= 4 is 27.6 Å². The highest BCUT2D eigenvalue weighted by Gasteiger charge is 2.09. The van der Waals surface area contributed by atoms with Gasteiger partial charge in [0.25, 0.3) is 0 Å². The van der Waals surface area contributed by atoms with Crippen molar-refractivity contribution in [1.82, 2.24) is 0 Å². The maximum atomic E-state index is 10.4. The van der Waals surface area contributed by atoms with Crippen molar-refractivity contribution in [2.75, 3.05) is 11.9 Å². The van der Waals surface area contributed by atoms with E-state index in [2.05, 4.69) is 21.2 Å². The van der Waals surface area contributed by atoms with Crippen LogP contribution in [0.3, 0.4) is 0 Å². The van der Waals surface area contributed by atoms with Gasteiger partial charge in [-0.25, -0.2) is 0 Å². The van der Waals surface area contributed by atoms with E-state index in [0.29, 0.717) is 13.0 Å². The molecule has 1 atom stereocenters. The highest BCUT2D eigenvalue weighted by molar-refractivity contribution is 9.10. The molecule has 82 valence electrons. The maximum Gasteiger partial charge on any atom is 0.320 e. The van der Waals surface area contributed by atoms with Crippen molar-refractivity contribution in [3.63, 3.8) is 0 Å². The molecular formula is C10H13BrN2O2. The Kier molecular flexibility index (Phi) is 4.58. The molecule has 5 heteroatoms. The number of hydrogen-bond donors (Lipinski definition) is 3. The fraction of sp³-hybridized carbons (Fsp3) is 0.300. The van der Waals surface area contributed by atoms with Crippen LogP contribution in [0, 0.1) is 0 Å². The first-order valence-electron chi connectivity index (χ1n) is 4.57. The molecule has 0 spiro atoms. The largest absolute Gasteiger partial charge is 0.480 e. The fourth-order valence-corrected chi connectivity index (χ4v) is 1.33. The Hall–Kier alpha value is -1.07. The highest BCUT2D eigenvalue weighted by Crippen LogP contribution is 2.13. The van der Waals surface area contributed by atoms with Gasteiger partial charge in [-0.2, -0.15) is 0 Å². The number of hydrogen-bond acceptors (Lipinski definition) is 3. The third kappa shape index (κ3) is 4.31. The van der Waals surface area contributed by atoms with Gasteiger partial charge in [-0.15, -0.1) is 0 Å². The number of rotatable bonds is 5. The molecule has 1 aromatic carbocycles. The van der Waals surface area contributed by atoms with Crippen LogP contribution in [0.5, 0.6) is 0 Å². The molecule has 15 heavy (non-hydrogen) atoms. The molecule has 0 amide bonds. The van der Waals surface area contributed by atoms with E-state index in [1.807, 2.05) is 24.3 Å². The summed E-state index contributed by atoms with van der Waals surface area (Å²) in [6, 6.07) is 6.86. The van der Waals surface area contributed by atoms with Crippen molar-refractivity contribution in [2.45, 2.75) is 12.5 Å². The third-order valence-electron chi connectivity index (χ3n) is 1.95. The number of nitrogens with one attached hydrogen (secondary N) is 1. The van der Waals surface area contributed by atoms with Crippen LogP contribution in [0.2, 0.25) is 0 Å². The molecule has 0 heterocycles. The van der Waals surface area contributed by atoms with Gasteiger partial charge in [0.15, 0.2) is 0 Å². The minimum atomic E-state index is -0.965. The Morgan fingerprint density at radius 2 is 2.07 bits per heavy atom. The van der Waals surface area contributed by atoms with Gasteiger partial charge in [0, 0.05) is 16.7 Å². The van der Waals surface area contributed by atoms with E-state index in [4.69, 9.17) is 10.8 Å². The van der Waals surface area contributed by atoms with Crippen LogP contribution in [-0.2, 0) is 4.79 Å². The summed E-state index contributed by atoms with van der Waals surface area (Å²) in [5.41, 5.74) is 6.31. The topological polar surface area (TPSA) is 75.3 Å². The van der Waals surface area contributed by atoms with Gasteiger partial charge >= 0.3 is 5.97 Å². The minimum Gasteiger partial charge on any atom is -0.480 e. The van der Waals surface area contributed by atoms with Gasteiger partial charge in [0.1, 0.15) is 6.04 Å². The van der Waals surface area contributed by atoms with Crippen molar-refractivity contribution in [3.8, 4) is 0 Å². The van der Waals surface area contributed by atoms with Crippen LogP contribution < -0.4 is 11.1 Å². The predicted octanol–water partition coefficient (Wildman–Crippen LogP) is 1.66. The average Bonchev–Trinajstić information content (AvgIpc) is 2.20. The second-order valence-corrected chi connectivity index (χ2v) is 4.08. The van der Waals surface area contributed by atoms with Crippen LogP contribution in [0.1, 0.15) is 6.42 Å². The van der Waals surface area contributed by atoms with E-state index in [1.165, 1.54) is 0 Å². The van der Waals surface area contributed by atoms with E-state index in [1.54, 1.807) is 0 Å². The molecule has 0 bridgehead atoms. The molecule has 0 fully saturated rings. The monoisotopic (exact) mass is 272 g/mol. The van der Waals surface area contributed by atoms with Crippen LogP contribution >= 0.6 is 15.9 Å². The summed E-state index contributed by atoms with van der Waals surface area (Å²) in [6.45, 7) is 0.551.